The zero-order valence-electron chi connectivity index (χ0n) is 10.7. The minimum absolute atomic E-state index is 0.186. The number of carbonyl (C=O) groups is 2. The summed E-state index contributed by atoms with van der Waals surface area (Å²) in [4.78, 5) is 32.5. The van der Waals surface area contributed by atoms with Gasteiger partial charge in [-0.05, 0) is 12.5 Å². The molecule has 0 radical (unpaired) electrons. The summed E-state index contributed by atoms with van der Waals surface area (Å²) in [7, 11) is 0. The number of hydrogen-bond donors (Lipinski definition) is 2. The fourth-order valence-corrected chi connectivity index (χ4v) is 2.05. The Morgan fingerprint density at radius 3 is 2.62 bits per heavy atom. The number of nitro groups is 1. The summed E-state index contributed by atoms with van der Waals surface area (Å²) in [5.74, 6) is -3.26. The number of rotatable bonds is 4. The molecule has 8 heteroatoms. The first kappa shape index (κ1) is 14.6. The summed E-state index contributed by atoms with van der Waals surface area (Å²) < 4.78 is 13.3. The Balaban J connectivity index is 2.10. The van der Waals surface area contributed by atoms with E-state index in [2.05, 4.69) is 5.32 Å². The average Bonchev–Trinajstić information content (AvgIpc) is 2.86. The lowest BCUT2D eigenvalue weighted by Crippen LogP contribution is -2.33. The Bertz CT molecular complexity index is 643. The van der Waals surface area contributed by atoms with E-state index in [1.165, 1.54) is 12.2 Å². The quantitative estimate of drug-likeness (QED) is 0.496. The minimum Gasteiger partial charge on any atom is -0.481 e. The second kappa shape index (κ2) is 5.70. The molecule has 7 nitrogen and oxygen atoms in total. The predicted octanol–water partition coefficient (Wildman–Crippen LogP) is 1.49. The zero-order chi connectivity index (χ0) is 15.6. The van der Waals surface area contributed by atoms with Gasteiger partial charge in [0.1, 0.15) is 5.82 Å². The Hall–Kier alpha value is -2.77. The van der Waals surface area contributed by atoms with Crippen molar-refractivity contribution in [3.05, 3.63) is 51.8 Å². The Kier molecular flexibility index (Phi) is 3.97. The van der Waals surface area contributed by atoms with Gasteiger partial charge in [-0.1, -0.05) is 12.2 Å². The molecule has 0 saturated carbocycles. The topological polar surface area (TPSA) is 110 Å². The summed E-state index contributed by atoms with van der Waals surface area (Å²) in [6, 6.07) is 2.06. The molecule has 2 unspecified atom stereocenters. The van der Waals surface area contributed by atoms with E-state index in [1.807, 2.05) is 0 Å². The number of carboxylic acid groups (broad SMARTS) is 1. The molecular weight excluding hydrogens is 283 g/mol. The zero-order valence-corrected chi connectivity index (χ0v) is 10.7. The number of amides is 1. The van der Waals surface area contributed by atoms with E-state index >= 15 is 0 Å². The maximum Gasteiger partial charge on any atom is 0.310 e. The third-order valence-corrected chi connectivity index (χ3v) is 3.07. The van der Waals surface area contributed by atoms with Crippen molar-refractivity contribution in [3.8, 4) is 0 Å². The van der Waals surface area contributed by atoms with Gasteiger partial charge in [-0.2, -0.15) is 0 Å². The monoisotopic (exact) mass is 294 g/mol. The number of non-ortho nitro benzene ring substituents is 1. The molecule has 2 N–H and O–H groups in total. The van der Waals surface area contributed by atoms with Gasteiger partial charge in [0.25, 0.3) is 11.6 Å². The van der Waals surface area contributed by atoms with Crippen molar-refractivity contribution in [1.82, 2.24) is 5.32 Å². The summed E-state index contributed by atoms with van der Waals surface area (Å²) >= 11 is 0. The minimum atomic E-state index is -0.996. The van der Waals surface area contributed by atoms with Crippen LogP contribution in [0.2, 0.25) is 0 Å². The lowest BCUT2D eigenvalue weighted by atomic mass is 10.1. The van der Waals surface area contributed by atoms with Crippen LogP contribution in [-0.2, 0) is 4.79 Å². The van der Waals surface area contributed by atoms with Crippen LogP contribution < -0.4 is 5.32 Å². The van der Waals surface area contributed by atoms with Gasteiger partial charge >= 0.3 is 5.97 Å². The molecular formula is C13H11FN2O5. The average molecular weight is 294 g/mol. The van der Waals surface area contributed by atoms with Crippen molar-refractivity contribution in [1.29, 1.82) is 0 Å². The molecule has 110 valence electrons. The highest BCUT2D eigenvalue weighted by Gasteiger charge is 2.26. The lowest BCUT2D eigenvalue weighted by Gasteiger charge is -2.12. The maximum atomic E-state index is 13.3. The molecule has 0 heterocycles. The number of hydrogen-bond acceptors (Lipinski definition) is 4. The van der Waals surface area contributed by atoms with Crippen molar-refractivity contribution in [2.24, 2.45) is 5.92 Å². The molecule has 0 bridgehead atoms. The van der Waals surface area contributed by atoms with Crippen LogP contribution in [0.25, 0.3) is 0 Å². The van der Waals surface area contributed by atoms with E-state index in [0.717, 1.165) is 12.1 Å². The van der Waals surface area contributed by atoms with Gasteiger partial charge in [-0.3, -0.25) is 19.7 Å². The Morgan fingerprint density at radius 1 is 1.33 bits per heavy atom. The van der Waals surface area contributed by atoms with Crippen LogP contribution in [0.5, 0.6) is 0 Å². The largest absolute Gasteiger partial charge is 0.481 e. The highest BCUT2D eigenvalue weighted by molar-refractivity contribution is 5.95. The summed E-state index contributed by atoms with van der Waals surface area (Å²) in [5, 5.41) is 21.9. The Labute approximate surface area is 118 Å². The highest BCUT2D eigenvalue weighted by Crippen LogP contribution is 2.20. The second-order valence-electron chi connectivity index (χ2n) is 4.60. The van der Waals surface area contributed by atoms with Gasteiger partial charge in [-0.15, -0.1) is 0 Å². The van der Waals surface area contributed by atoms with Gasteiger partial charge in [0.15, 0.2) is 0 Å². The molecule has 0 aromatic heterocycles. The van der Waals surface area contributed by atoms with Crippen molar-refractivity contribution < 1.29 is 24.0 Å². The van der Waals surface area contributed by atoms with Crippen LogP contribution in [0.3, 0.4) is 0 Å². The number of carbonyl (C=O) groups excluding carboxylic acids is 1. The SMILES string of the molecule is O=C(NC1C=CC(C(=O)O)C1)c1cc(F)cc([N+](=O)[O-])c1. The molecule has 0 saturated heterocycles. The molecule has 1 amide bonds. The maximum absolute atomic E-state index is 13.3. The number of nitrogens with one attached hydrogen (secondary N) is 1. The first-order valence-corrected chi connectivity index (χ1v) is 6.04. The van der Waals surface area contributed by atoms with Crippen LogP contribution >= 0.6 is 0 Å². The number of benzene rings is 1. The number of carboxylic acids is 1. The smallest absolute Gasteiger partial charge is 0.310 e. The third kappa shape index (κ3) is 3.41. The standard InChI is InChI=1S/C13H11FN2O5/c14-9-3-8(5-11(6-9)16(20)21)12(17)15-10-2-1-7(4-10)13(18)19/h1-3,5-7,10H,4H2,(H,15,17)(H,18,19). The number of halogens is 1. The van der Waals surface area contributed by atoms with Crippen molar-refractivity contribution in [2.75, 3.05) is 0 Å². The van der Waals surface area contributed by atoms with Crippen molar-refractivity contribution >= 4 is 17.6 Å². The lowest BCUT2D eigenvalue weighted by molar-refractivity contribution is -0.385. The molecule has 2 rings (SSSR count). The fourth-order valence-electron chi connectivity index (χ4n) is 2.05. The third-order valence-electron chi connectivity index (χ3n) is 3.07. The summed E-state index contributed by atoms with van der Waals surface area (Å²) in [6.45, 7) is 0. The highest BCUT2D eigenvalue weighted by atomic mass is 19.1. The second-order valence-corrected chi connectivity index (χ2v) is 4.60. The van der Waals surface area contributed by atoms with E-state index in [9.17, 15) is 24.1 Å². The Morgan fingerprint density at radius 2 is 2.05 bits per heavy atom. The van der Waals surface area contributed by atoms with Gasteiger partial charge in [0.05, 0.1) is 16.9 Å². The van der Waals surface area contributed by atoms with Crippen LogP contribution in [-0.4, -0.2) is 27.9 Å². The fraction of sp³-hybridized carbons (Fsp3) is 0.231. The van der Waals surface area contributed by atoms with Crippen LogP contribution in [0, 0.1) is 21.8 Å². The van der Waals surface area contributed by atoms with Gasteiger partial charge < -0.3 is 10.4 Å². The molecule has 1 aliphatic carbocycles. The van der Waals surface area contributed by atoms with Crippen molar-refractivity contribution in [3.63, 3.8) is 0 Å². The van der Waals surface area contributed by atoms with E-state index in [1.54, 1.807) is 0 Å². The molecule has 0 aliphatic heterocycles. The molecule has 1 aromatic carbocycles. The normalized spacial score (nSPS) is 20.2. The van der Waals surface area contributed by atoms with E-state index in [4.69, 9.17) is 5.11 Å². The van der Waals surface area contributed by atoms with Gasteiger partial charge in [0, 0.05) is 17.7 Å². The van der Waals surface area contributed by atoms with E-state index < -0.39 is 40.3 Å². The molecule has 1 aliphatic rings. The number of aliphatic carboxylic acids is 1. The molecule has 0 spiro atoms. The summed E-state index contributed by atoms with van der Waals surface area (Å²) in [6.07, 6.45) is 3.18. The molecule has 21 heavy (non-hydrogen) atoms. The predicted molar refractivity (Wildman–Crippen MR) is 69.2 cm³/mol. The molecule has 0 fully saturated rings. The molecule has 2 atom stereocenters. The van der Waals surface area contributed by atoms with E-state index in [0.29, 0.717) is 6.07 Å². The van der Waals surface area contributed by atoms with E-state index in [-0.39, 0.29) is 12.0 Å². The molecule has 1 aromatic rings. The van der Waals surface area contributed by atoms with Crippen molar-refractivity contribution in [2.45, 2.75) is 12.5 Å². The van der Waals surface area contributed by atoms with Crippen LogP contribution in [0.1, 0.15) is 16.8 Å². The summed E-state index contributed by atoms with van der Waals surface area (Å²) in [5.41, 5.74) is -0.709. The first-order valence-electron chi connectivity index (χ1n) is 6.04. The van der Waals surface area contributed by atoms with Gasteiger partial charge in [0.2, 0.25) is 0 Å². The van der Waals surface area contributed by atoms with Crippen LogP contribution in [0.15, 0.2) is 30.4 Å². The number of nitro benzene ring substituents is 1. The van der Waals surface area contributed by atoms with Gasteiger partial charge in [-0.25, -0.2) is 4.39 Å². The van der Waals surface area contributed by atoms with Crippen LogP contribution in [0.4, 0.5) is 10.1 Å². The number of nitrogens with zero attached hydrogens (tertiary/aromatic N) is 1. The first-order chi connectivity index (χ1) is 9.86.